The lowest BCUT2D eigenvalue weighted by Gasteiger charge is -2.34. The fraction of sp³-hybridized carbons (Fsp3) is 0.714. The van der Waals surface area contributed by atoms with Gasteiger partial charge in [-0.05, 0) is 19.8 Å². The van der Waals surface area contributed by atoms with Gasteiger partial charge in [0.05, 0.1) is 6.61 Å². The van der Waals surface area contributed by atoms with E-state index < -0.39 is 5.79 Å². The van der Waals surface area contributed by atoms with E-state index in [1.807, 2.05) is 6.07 Å². The zero-order chi connectivity index (χ0) is 16.8. The molecule has 1 aromatic rings. The molecule has 132 valence electrons. The van der Waals surface area contributed by atoms with Crippen LogP contribution in [0.2, 0.25) is 0 Å². The summed E-state index contributed by atoms with van der Waals surface area (Å²) in [5.74, 6) is -0.560. The Balaban J connectivity index is 2.59. The highest BCUT2D eigenvalue weighted by Crippen LogP contribution is 2.33. The summed E-state index contributed by atoms with van der Waals surface area (Å²) in [7, 11) is 0. The molecule has 0 aliphatic heterocycles. The van der Waals surface area contributed by atoms with Gasteiger partial charge in [-0.3, -0.25) is 0 Å². The predicted octanol–water partition coefficient (Wildman–Crippen LogP) is 6.44. The van der Waals surface area contributed by atoms with E-state index in [1.165, 1.54) is 38.5 Å². The Kier molecular flexibility index (Phi) is 11.0. The summed E-state index contributed by atoms with van der Waals surface area (Å²) in [6.07, 6.45) is 11.1. The number of hydrogen-bond donors (Lipinski definition) is 0. The molecule has 0 aromatic heterocycles. The number of unbranched alkanes of at least 4 members (excludes halogenated alkanes) is 6. The lowest BCUT2D eigenvalue weighted by molar-refractivity contribution is -0.249. The largest absolute Gasteiger partial charge is 0.346 e. The fourth-order valence-electron chi connectivity index (χ4n) is 3.00. The van der Waals surface area contributed by atoms with Crippen LogP contribution in [0, 0.1) is 0 Å². The molecule has 23 heavy (non-hydrogen) atoms. The fourth-order valence-corrected chi connectivity index (χ4v) is 3.00. The highest BCUT2D eigenvalue weighted by molar-refractivity contribution is 5.20. The van der Waals surface area contributed by atoms with Crippen molar-refractivity contribution in [2.75, 3.05) is 13.2 Å². The first kappa shape index (κ1) is 20.2. The predicted molar refractivity (Wildman–Crippen MR) is 98.6 cm³/mol. The summed E-state index contributed by atoms with van der Waals surface area (Å²) < 4.78 is 12.4. The average molecular weight is 321 g/mol. The molecule has 0 N–H and O–H groups in total. The van der Waals surface area contributed by atoms with Gasteiger partial charge in [-0.15, -0.1) is 0 Å². The molecule has 2 nitrogen and oxygen atoms in total. The van der Waals surface area contributed by atoms with E-state index in [0.717, 1.165) is 31.4 Å². The maximum absolute atomic E-state index is 6.23. The molecule has 0 aliphatic carbocycles. The van der Waals surface area contributed by atoms with Crippen LogP contribution in [-0.2, 0) is 15.3 Å². The quantitative estimate of drug-likeness (QED) is 0.290. The lowest BCUT2D eigenvalue weighted by Crippen LogP contribution is -2.33. The Hall–Kier alpha value is -0.860. The van der Waals surface area contributed by atoms with Crippen molar-refractivity contribution in [1.29, 1.82) is 0 Å². The average Bonchev–Trinajstić information content (AvgIpc) is 2.59. The number of hydrogen-bond acceptors (Lipinski definition) is 2. The molecule has 0 saturated heterocycles. The summed E-state index contributed by atoms with van der Waals surface area (Å²) in [6.45, 7) is 7.88. The Bertz CT molecular complexity index is 377. The molecular weight excluding hydrogens is 284 g/mol. The molecule has 1 atom stereocenters. The van der Waals surface area contributed by atoms with E-state index in [0.29, 0.717) is 6.61 Å². The lowest BCUT2D eigenvalue weighted by atomic mass is 9.97. The van der Waals surface area contributed by atoms with Crippen LogP contribution in [0.15, 0.2) is 30.3 Å². The number of ether oxygens (including phenoxy) is 2. The maximum atomic E-state index is 6.23. The van der Waals surface area contributed by atoms with E-state index in [1.54, 1.807) is 0 Å². The monoisotopic (exact) mass is 320 g/mol. The summed E-state index contributed by atoms with van der Waals surface area (Å²) in [5.41, 5.74) is 1.15. The molecule has 0 radical (unpaired) electrons. The SMILES string of the molecule is CCCCCCCCCC(OCC)(OCCC)c1ccccc1. The van der Waals surface area contributed by atoms with Gasteiger partial charge in [0.25, 0.3) is 0 Å². The Morgan fingerprint density at radius 1 is 0.739 bits per heavy atom. The van der Waals surface area contributed by atoms with Crippen molar-refractivity contribution in [2.24, 2.45) is 0 Å². The van der Waals surface area contributed by atoms with Crippen molar-refractivity contribution in [2.45, 2.75) is 84.3 Å². The minimum Gasteiger partial charge on any atom is -0.346 e. The van der Waals surface area contributed by atoms with Crippen LogP contribution >= 0.6 is 0 Å². The van der Waals surface area contributed by atoms with Crippen LogP contribution in [0.25, 0.3) is 0 Å². The van der Waals surface area contributed by atoms with Crippen molar-refractivity contribution >= 4 is 0 Å². The van der Waals surface area contributed by atoms with Crippen LogP contribution in [0.5, 0.6) is 0 Å². The molecule has 1 aromatic carbocycles. The third kappa shape index (κ3) is 7.50. The summed E-state index contributed by atoms with van der Waals surface area (Å²) in [5, 5.41) is 0. The van der Waals surface area contributed by atoms with E-state index in [-0.39, 0.29) is 0 Å². The zero-order valence-corrected chi connectivity index (χ0v) is 15.5. The van der Waals surface area contributed by atoms with E-state index in [2.05, 4.69) is 45.0 Å². The van der Waals surface area contributed by atoms with Crippen molar-refractivity contribution in [1.82, 2.24) is 0 Å². The highest BCUT2D eigenvalue weighted by Gasteiger charge is 2.33. The molecule has 1 rings (SSSR count). The van der Waals surface area contributed by atoms with Gasteiger partial charge in [0.1, 0.15) is 0 Å². The van der Waals surface area contributed by atoms with Gasteiger partial charge in [0.2, 0.25) is 0 Å². The van der Waals surface area contributed by atoms with E-state index in [9.17, 15) is 0 Å². The van der Waals surface area contributed by atoms with Gasteiger partial charge in [-0.2, -0.15) is 0 Å². The van der Waals surface area contributed by atoms with Gasteiger partial charge in [-0.1, -0.05) is 82.7 Å². The summed E-state index contributed by atoms with van der Waals surface area (Å²) >= 11 is 0. The number of benzene rings is 1. The third-order valence-electron chi connectivity index (χ3n) is 4.24. The minimum absolute atomic E-state index is 0.560. The topological polar surface area (TPSA) is 18.5 Å². The molecule has 0 spiro atoms. The molecule has 0 saturated carbocycles. The van der Waals surface area contributed by atoms with Crippen molar-refractivity contribution < 1.29 is 9.47 Å². The minimum atomic E-state index is -0.560. The molecule has 0 amide bonds. The summed E-state index contributed by atoms with van der Waals surface area (Å²) in [6, 6.07) is 10.5. The van der Waals surface area contributed by atoms with Crippen LogP contribution < -0.4 is 0 Å². The molecule has 0 bridgehead atoms. The Labute approximate surface area is 143 Å². The Morgan fingerprint density at radius 3 is 2.00 bits per heavy atom. The van der Waals surface area contributed by atoms with Crippen molar-refractivity contribution in [3.05, 3.63) is 35.9 Å². The molecule has 2 heteroatoms. The normalized spacial score (nSPS) is 13.9. The van der Waals surface area contributed by atoms with Crippen molar-refractivity contribution in [3.63, 3.8) is 0 Å². The summed E-state index contributed by atoms with van der Waals surface area (Å²) in [4.78, 5) is 0. The molecule has 0 fully saturated rings. The van der Waals surface area contributed by atoms with Gasteiger partial charge in [0.15, 0.2) is 5.79 Å². The van der Waals surface area contributed by atoms with Gasteiger partial charge >= 0.3 is 0 Å². The Morgan fingerprint density at radius 2 is 1.39 bits per heavy atom. The first-order chi connectivity index (χ1) is 11.3. The van der Waals surface area contributed by atoms with Gasteiger partial charge in [-0.25, -0.2) is 0 Å². The third-order valence-corrected chi connectivity index (χ3v) is 4.24. The molecule has 1 unspecified atom stereocenters. The highest BCUT2D eigenvalue weighted by atomic mass is 16.7. The second kappa shape index (κ2) is 12.5. The van der Waals surface area contributed by atoms with Crippen LogP contribution in [0.3, 0.4) is 0 Å². The zero-order valence-electron chi connectivity index (χ0n) is 15.5. The van der Waals surface area contributed by atoms with E-state index >= 15 is 0 Å². The molecule has 0 heterocycles. The van der Waals surface area contributed by atoms with E-state index in [4.69, 9.17) is 9.47 Å². The first-order valence-corrected chi connectivity index (χ1v) is 9.62. The number of rotatable bonds is 14. The van der Waals surface area contributed by atoms with Crippen LogP contribution in [0.1, 0.15) is 84.1 Å². The maximum Gasteiger partial charge on any atom is 0.194 e. The van der Waals surface area contributed by atoms with Crippen molar-refractivity contribution in [3.8, 4) is 0 Å². The molecule has 0 aliphatic rings. The second-order valence-corrected chi connectivity index (χ2v) is 6.27. The standard InChI is InChI=1S/C21H36O2/c1-4-7-8-9-10-11-15-18-21(22-6-3,23-19-5-2)20-16-13-12-14-17-20/h12-14,16-17H,4-11,15,18-19H2,1-3H3. The van der Waals surface area contributed by atoms with Gasteiger partial charge < -0.3 is 9.47 Å². The van der Waals surface area contributed by atoms with Gasteiger partial charge in [0, 0.05) is 18.6 Å². The van der Waals surface area contributed by atoms with Crippen LogP contribution in [-0.4, -0.2) is 13.2 Å². The second-order valence-electron chi connectivity index (χ2n) is 6.27. The molecular formula is C21H36O2. The smallest absolute Gasteiger partial charge is 0.194 e. The van der Waals surface area contributed by atoms with Crippen LogP contribution in [0.4, 0.5) is 0 Å². The first-order valence-electron chi connectivity index (χ1n) is 9.62.